The average molecular weight is 279 g/mol. The van der Waals surface area contributed by atoms with E-state index in [0.29, 0.717) is 5.02 Å². The summed E-state index contributed by atoms with van der Waals surface area (Å²) in [6.45, 7) is 0. The lowest BCUT2D eigenvalue weighted by Crippen LogP contribution is -2.17. The highest BCUT2D eigenvalue weighted by Gasteiger charge is 2.24. The Morgan fingerprint density at radius 1 is 1.37 bits per heavy atom. The Morgan fingerprint density at radius 2 is 2.05 bits per heavy atom. The van der Waals surface area contributed by atoms with Crippen LogP contribution in [0.15, 0.2) is 35.9 Å². The fourth-order valence-corrected chi connectivity index (χ4v) is 2.39. The second kappa shape index (κ2) is 6.02. The highest BCUT2D eigenvalue weighted by atomic mass is 35.5. The summed E-state index contributed by atoms with van der Waals surface area (Å²) >= 11 is 5.84. The van der Waals surface area contributed by atoms with E-state index in [0.717, 1.165) is 24.0 Å². The Labute approximate surface area is 117 Å². The summed E-state index contributed by atoms with van der Waals surface area (Å²) in [5.74, 6) is -0.380. The number of halogens is 1. The van der Waals surface area contributed by atoms with Crippen LogP contribution in [-0.4, -0.2) is 18.9 Å². The zero-order chi connectivity index (χ0) is 13.8. The van der Waals surface area contributed by atoms with Gasteiger partial charge in [0.25, 0.3) is 0 Å². The molecule has 0 saturated heterocycles. The molecule has 100 valence electrons. The Hall–Kier alpha value is -1.61. The van der Waals surface area contributed by atoms with Crippen molar-refractivity contribution in [1.82, 2.24) is 0 Å². The number of rotatable bonds is 3. The standard InChI is InChI=1S/C15H15ClO3/c1-19-15(18)9-10-2-7-13(14(17)8-10)11-3-5-12(16)6-4-11/h3-6,8,13H,2,7,9H2,1H3. The molecule has 0 N–H and O–H groups in total. The number of hydrogen-bond donors (Lipinski definition) is 0. The van der Waals surface area contributed by atoms with Gasteiger partial charge in [-0.15, -0.1) is 0 Å². The highest BCUT2D eigenvalue weighted by molar-refractivity contribution is 6.30. The molecule has 19 heavy (non-hydrogen) atoms. The van der Waals surface area contributed by atoms with E-state index in [2.05, 4.69) is 4.74 Å². The van der Waals surface area contributed by atoms with Gasteiger partial charge in [0.2, 0.25) is 0 Å². The molecule has 0 heterocycles. The smallest absolute Gasteiger partial charge is 0.309 e. The third-order valence-corrected chi connectivity index (χ3v) is 3.57. The van der Waals surface area contributed by atoms with E-state index < -0.39 is 0 Å². The number of methoxy groups -OCH3 is 1. The molecule has 1 unspecified atom stereocenters. The minimum Gasteiger partial charge on any atom is -0.469 e. The maximum Gasteiger partial charge on any atom is 0.309 e. The zero-order valence-corrected chi connectivity index (χ0v) is 11.4. The molecule has 0 amide bonds. The molecule has 3 nitrogen and oxygen atoms in total. The van der Waals surface area contributed by atoms with Crippen molar-refractivity contribution in [3.8, 4) is 0 Å². The Kier molecular flexibility index (Phi) is 4.38. The lowest BCUT2D eigenvalue weighted by atomic mass is 9.83. The van der Waals surface area contributed by atoms with Crippen LogP contribution in [0, 0.1) is 0 Å². The Morgan fingerprint density at radius 3 is 2.63 bits per heavy atom. The SMILES string of the molecule is COC(=O)CC1=CC(=O)C(c2ccc(Cl)cc2)CC1. The first-order valence-corrected chi connectivity index (χ1v) is 6.53. The second-order valence-electron chi connectivity index (χ2n) is 4.60. The Balaban J connectivity index is 2.10. The first kappa shape index (κ1) is 13.8. The molecule has 0 spiro atoms. The lowest BCUT2D eigenvalue weighted by Gasteiger charge is -2.20. The van der Waals surface area contributed by atoms with Crippen LogP contribution in [0.3, 0.4) is 0 Å². The van der Waals surface area contributed by atoms with Crippen molar-refractivity contribution in [2.75, 3.05) is 7.11 Å². The maximum atomic E-state index is 12.1. The minimum absolute atomic E-state index is 0.0486. The van der Waals surface area contributed by atoms with Gasteiger partial charge in [-0.25, -0.2) is 0 Å². The van der Waals surface area contributed by atoms with Crippen molar-refractivity contribution in [2.24, 2.45) is 0 Å². The van der Waals surface area contributed by atoms with Gasteiger partial charge in [0.15, 0.2) is 5.78 Å². The van der Waals surface area contributed by atoms with Gasteiger partial charge >= 0.3 is 5.97 Å². The quantitative estimate of drug-likeness (QED) is 0.797. The molecule has 0 aliphatic heterocycles. The predicted octanol–water partition coefficient (Wildman–Crippen LogP) is 3.28. The van der Waals surface area contributed by atoms with Crippen LogP contribution >= 0.6 is 11.6 Å². The van der Waals surface area contributed by atoms with E-state index in [1.54, 1.807) is 18.2 Å². The summed E-state index contributed by atoms with van der Waals surface area (Å²) < 4.78 is 4.61. The van der Waals surface area contributed by atoms with Crippen LogP contribution in [0.4, 0.5) is 0 Å². The van der Waals surface area contributed by atoms with Gasteiger partial charge in [-0.3, -0.25) is 9.59 Å². The topological polar surface area (TPSA) is 43.4 Å². The molecule has 1 aliphatic carbocycles. The number of hydrogen-bond acceptors (Lipinski definition) is 3. The third-order valence-electron chi connectivity index (χ3n) is 3.32. The number of ketones is 1. The fraction of sp³-hybridized carbons (Fsp3) is 0.333. The molecule has 1 atom stereocenters. The summed E-state index contributed by atoms with van der Waals surface area (Å²) in [7, 11) is 1.35. The molecule has 0 saturated carbocycles. The summed E-state index contributed by atoms with van der Waals surface area (Å²) in [5, 5.41) is 0.661. The normalized spacial score (nSPS) is 18.9. The summed E-state index contributed by atoms with van der Waals surface area (Å²) in [5.41, 5.74) is 1.82. The van der Waals surface area contributed by atoms with Crippen molar-refractivity contribution in [3.63, 3.8) is 0 Å². The van der Waals surface area contributed by atoms with Crippen LogP contribution in [0.5, 0.6) is 0 Å². The molecule has 1 aliphatic rings. The summed E-state index contributed by atoms with van der Waals surface area (Å²) in [6.07, 6.45) is 3.26. The van der Waals surface area contributed by atoms with Crippen molar-refractivity contribution in [2.45, 2.75) is 25.2 Å². The van der Waals surface area contributed by atoms with Crippen LogP contribution < -0.4 is 0 Å². The number of carbonyl (C=O) groups is 2. The van der Waals surface area contributed by atoms with E-state index in [-0.39, 0.29) is 24.1 Å². The van der Waals surface area contributed by atoms with Crippen molar-refractivity contribution in [3.05, 3.63) is 46.5 Å². The third kappa shape index (κ3) is 3.44. The number of benzene rings is 1. The van der Waals surface area contributed by atoms with Crippen LogP contribution in [-0.2, 0) is 14.3 Å². The first-order valence-electron chi connectivity index (χ1n) is 6.15. The fourth-order valence-electron chi connectivity index (χ4n) is 2.27. The van der Waals surface area contributed by atoms with Gasteiger partial charge in [0, 0.05) is 10.9 Å². The van der Waals surface area contributed by atoms with Gasteiger partial charge < -0.3 is 4.74 Å². The van der Waals surface area contributed by atoms with Gasteiger partial charge in [-0.2, -0.15) is 0 Å². The molecule has 0 fully saturated rings. The molecule has 0 aromatic heterocycles. The lowest BCUT2D eigenvalue weighted by molar-refractivity contribution is -0.139. The van der Waals surface area contributed by atoms with Crippen molar-refractivity contribution >= 4 is 23.4 Å². The second-order valence-corrected chi connectivity index (χ2v) is 5.04. The van der Waals surface area contributed by atoms with Crippen LogP contribution in [0.2, 0.25) is 5.02 Å². The number of esters is 1. The molecule has 0 radical (unpaired) electrons. The molecular formula is C15H15ClO3. The van der Waals surface area contributed by atoms with E-state index >= 15 is 0 Å². The summed E-state index contributed by atoms with van der Waals surface area (Å²) in [4.78, 5) is 23.3. The van der Waals surface area contributed by atoms with E-state index in [9.17, 15) is 9.59 Å². The zero-order valence-electron chi connectivity index (χ0n) is 10.7. The van der Waals surface area contributed by atoms with Gasteiger partial charge in [-0.05, 0) is 36.6 Å². The molecule has 1 aromatic rings. The molecular weight excluding hydrogens is 264 g/mol. The molecule has 1 aromatic carbocycles. The molecule has 2 rings (SSSR count). The van der Waals surface area contributed by atoms with E-state index in [1.165, 1.54) is 7.11 Å². The minimum atomic E-state index is -0.302. The van der Waals surface area contributed by atoms with Gasteiger partial charge in [0.05, 0.1) is 13.5 Å². The van der Waals surface area contributed by atoms with Crippen LogP contribution in [0.25, 0.3) is 0 Å². The van der Waals surface area contributed by atoms with Crippen LogP contribution in [0.1, 0.15) is 30.7 Å². The van der Waals surface area contributed by atoms with Crippen molar-refractivity contribution in [1.29, 1.82) is 0 Å². The summed E-state index contributed by atoms with van der Waals surface area (Å²) in [6, 6.07) is 7.34. The van der Waals surface area contributed by atoms with Gasteiger partial charge in [0.1, 0.15) is 0 Å². The van der Waals surface area contributed by atoms with Gasteiger partial charge in [-0.1, -0.05) is 29.3 Å². The van der Waals surface area contributed by atoms with E-state index in [1.807, 2.05) is 12.1 Å². The average Bonchev–Trinajstić information content (AvgIpc) is 2.40. The number of carbonyl (C=O) groups excluding carboxylic acids is 2. The van der Waals surface area contributed by atoms with E-state index in [4.69, 9.17) is 11.6 Å². The largest absolute Gasteiger partial charge is 0.469 e. The Bertz CT molecular complexity index is 517. The monoisotopic (exact) mass is 278 g/mol. The molecule has 0 bridgehead atoms. The number of ether oxygens (including phenoxy) is 1. The number of allylic oxidation sites excluding steroid dienone is 1. The first-order chi connectivity index (χ1) is 9.10. The van der Waals surface area contributed by atoms with Crippen molar-refractivity contribution < 1.29 is 14.3 Å². The molecule has 4 heteroatoms. The maximum absolute atomic E-state index is 12.1. The highest BCUT2D eigenvalue weighted by Crippen LogP contribution is 2.31. The predicted molar refractivity (Wildman–Crippen MR) is 73.2 cm³/mol.